The van der Waals surface area contributed by atoms with Crippen LogP contribution in [0, 0.1) is 0 Å². The number of nitrogens with one attached hydrogen (secondary N) is 1. The SMILES string of the molecule is C=C(CCC(=NC)c1cc2cc(-c3nc(-c4ccccc4)n[nH]3)c3cccc4c3c2c2c(cccc12)S4)c1ccccc1. The number of hydrogen-bond acceptors (Lipinski definition) is 4. The number of H-pyrrole nitrogens is 1. The fourth-order valence-electron chi connectivity index (χ4n) is 6.37. The molecule has 1 aromatic heterocycles. The Kier molecular flexibility index (Phi) is 6.20. The maximum Gasteiger partial charge on any atom is 0.181 e. The van der Waals surface area contributed by atoms with Crippen molar-refractivity contribution in [3.63, 3.8) is 0 Å². The van der Waals surface area contributed by atoms with Crippen molar-refractivity contribution in [2.45, 2.75) is 22.6 Å². The highest BCUT2D eigenvalue weighted by atomic mass is 32.2. The molecule has 4 nitrogen and oxygen atoms in total. The molecule has 0 unspecified atom stereocenters. The molecule has 0 amide bonds. The molecule has 206 valence electrons. The van der Waals surface area contributed by atoms with Crippen LogP contribution < -0.4 is 0 Å². The molecule has 8 rings (SSSR count). The molecule has 0 fully saturated rings. The molecule has 7 aromatic rings. The summed E-state index contributed by atoms with van der Waals surface area (Å²) < 4.78 is 0. The molecule has 0 bridgehead atoms. The van der Waals surface area contributed by atoms with Crippen LogP contribution in [-0.2, 0) is 0 Å². The molecule has 1 aliphatic heterocycles. The number of allylic oxidation sites excluding steroid dienone is 1. The molecule has 5 heteroatoms. The third-order valence-electron chi connectivity index (χ3n) is 8.44. The van der Waals surface area contributed by atoms with Crippen LogP contribution >= 0.6 is 11.8 Å². The molecule has 0 saturated carbocycles. The minimum atomic E-state index is 0.696. The Balaban J connectivity index is 1.32. The Bertz CT molecular complexity index is 2230. The lowest BCUT2D eigenvalue weighted by Gasteiger charge is -2.23. The van der Waals surface area contributed by atoms with Crippen LogP contribution in [0.2, 0.25) is 0 Å². The summed E-state index contributed by atoms with van der Waals surface area (Å²) in [5.41, 5.74) is 6.62. The van der Waals surface area contributed by atoms with Crippen LogP contribution in [0.1, 0.15) is 24.0 Å². The Hall–Kier alpha value is -5.00. The van der Waals surface area contributed by atoms with Gasteiger partial charge in [-0.1, -0.05) is 103 Å². The Morgan fingerprint density at radius 2 is 1.47 bits per heavy atom. The number of nitrogens with zero attached hydrogens (tertiary/aromatic N) is 3. The van der Waals surface area contributed by atoms with Crippen molar-refractivity contribution >= 4 is 55.4 Å². The first-order chi connectivity index (χ1) is 21.2. The second-order valence-electron chi connectivity index (χ2n) is 10.9. The van der Waals surface area contributed by atoms with Gasteiger partial charge in [0.15, 0.2) is 11.6 Å². The van der Waals surface area contributed by atoms with E-state index in [9.17, 15) is 0 Å². The summed E-state index contributed by atoms with van der Waals surface area (Å²) in [5, 5.41) is 15.3. The fourth-order valence-corrected chi connectivity index (χ4v) is 7.53. The van der Waals surface area contributed by atoms with E-state index >= 15 is 0 Å². The van der Waals surface area contributed by atoms with Gasteiger partial charge in [-0.05, 0) is 69.8 Å². The van der Waals surface area contributed by atoms with Gasteiger partial charge in [-0.3, -0.25) is 10.1 Å². The third-order valence-corrected chi connectivity index (χ3v) is 9.56. The lowest BCUT2D eigenvalue weighted by Crippen LogP contribution is -2.04. The van der Waals surface area contributed by atoms with Crippen molar-refractivity contribution in [3.8, 4) is 22.8 Å². The van der Waals surface area contributed by atoms with Crippen molar-refractivity contribution in [1.29, 1.82) is 0 Å². The van der Waals surface area contributed by atoms with Crippen molar-refractivity contribution < 1.29 is 0 Å². The molecule has 0 radical (unpaired) electrons. The lowest BCUT2D eigenvalue weighted by atomic mass is 9.88. The topological polar surface area (TPSA) is 53.9 Å². The van der Waals surface area contributed by atoms with E-state index in [1.165, 1.54) is 53.2 Å². The van der Waals surface area contributed by atoms with Gasteiger partial charge in [0.05, 0.1) is 0 Å². The van der Waals surface area contributed by atoms with Crippen LogP contribution in [0.5, 0.6) is 0 Å². The van der Waals surface area contributed by atoms with E-state index in [0.717, 1.165) is 41.1 Å². The zero-order valence-corrected chi connectivity index (χ0v) is 24.6. The zero-order chi connectivity index (χ0) is 28.9. The van der Waals surface area contributed by atoms with E-state index < -0.39 is 0 Å². The van der Waals surface area contributed by atoms with Gasteiger partial charge >= 0.3 is 0 Å². The average molecular weight is 573 g/mol. The number of hydrogen-bond donors (Lipinski definition) is 1. The highest BCUT2D eigenvalue weighted by molar-refractivity contribution is 8.00. The van der Waals surface area contributed by atoms with Gasteiger partial charge in [-0.15, -0.1) is 0 Å². The maximum atomic E-state index is 4.96. The molecule has 6 aromatic carbocycles. The van der Waals surface area contributed by atoms with E-state index in [2.05, 4.69) is 89.6 Å². The predicted molar refractivity (Wildman–Crippen MR) is 181 cm³/mol. The first kappa shape index (κ1) is 25.7. The molecule has 1 N–H and O–H groups in total. The Morgan fingerprint density at radius 1 is 0.767 bits per heavy atom. The minimum absolute atomic E-state index is 0.696. The highest BCUT2D eigenvalue weighted by Crippen LogP contribution is 2.50. The van der Waals surface area contributed by atoms with Gasteiger partial charge in [0.25, 0.3) is 0 Å². The van der Waals surface area contributed by atoms with Crippen molar-refractivity contribution in [3.05, 3.63) is 127 Å². The van der Waals surface area contributed by atoms with Crippen LogP contribution in [0.4, 0.5) is 0 Å². The summed E-state index contributed by atoms with van der Waals surface area (Å²) in [6.45, 7) is 4.39. The van der Waals surface area contributed by atoms with Crippen molar-refractivity contribution in [1.82, 2.24) is 15.2 Å². The summed E-state index contributed by atoms with van der Waals surface area (Å²) in [5.74, 6) is 1.47. The Labute approximate surface area is 254 Å². The van der Waals surface area contributed by atoms with Gasteiger partial charge < -0.3 is 0 Å². The zero-order valence-electron chi connectivity index (χ0n) is 23.8. The summed E-state index contributed by atoms with van der Waals surface area (Å²) in [4.78, 5) is 12.4. The molecule has 1 aliphatic rings. The fraction of sp³-hybridized carbons (Fsp3) is 0.0789. The molecule has 0 spiro atoms. The largest absolute Gasteiger partial charge is 0.292 e. The lowest BCUT2D eigenvalue weighted by molar-refractivity contribution is 1.10. The minimum Gasteiger partial charge on any atom is -0.292 e. The first-order valence-electron chi connectivity index (χ1n) is 14.5. The van der Waals surface area contributed by atoms with Gasteiger partial charge in [0.1, 0.15) is 0 Å². The van der Waals surface area contributed by atoms with Gasteiger partial charge in [0, 0.05) is 50.0 Å². The molecule has 2 heterocycles. The summed E-state index contributed by atoms with van der Waals surface area (Å²) in [6.07, 6.45) is 1.66. The van der Waals surface area contributed by atoms with E-state index in [1.54, 1.807) is 0 Å². The van der Waals surface area contributed by atoms with Gasteiger partial charge in [-0.2, -0.15) is 5.10 Å². The highest BCUT2D eigenvalue weighted by Gasteiger charge is 2.24. The molecule has 0 aliphatic carbocycles. The molecule has 0 atom stereocenters. The number of aromatic amines is 1. The molecule has 0 saturated heterocycles. The van der Waals surface area contributed by atoms with E-state index in [4.69, 9.17) is 9.98 Å². The van der Waals surface area contributed by atoms with E-state index in [1.807, 2.05) is 55.2 Å². The van der Waals surface area contributed by atoms with Crippen LogP contribution in [0.25, 0.3) is 60.7 Å². The second kappa shape index (κ2) is 10.4. The van der Waals surface area contributed by atoms with Crippen LogP contribution in [0.3, 0.4) is 0 Å². The monoisotopic (exact) mass is 572 g/mol. The summed E-state index contributed by atoms with van der Waals surface area (Å²) in [7, 11) is 1.91. The molecular weight excluding hydrogens is 545 g/mol. The Morgan fingerprint density at radius 3 is 2.21 bits per heavy atom. The normalized spacial score (nSPS) is 12.6. The number of aromatic nitrogens is 3. The maximum absolute atomic E-state index is 4.96. The smallest absolute Gasteiger partial charge is 0.181 e. The van der Waals surface area contributed by atoms with Crippen molar-refractivity contribution in [2.75, 3.05) is 7.05 Å². The summed E-state index contributed by atoms with van der Waals surface area (Å²) in [6, 6.07) is 38.4. The molecule has 43 heavy (non-hydrogen) atoms. The van der Waals surface area contributed by atoms with Gasteiger partial charge in [-0.25, -0.2) is 4.98 Å². The summed E-state index contributed by atoms with van der Waals surface area (Å²) >= 11 is 1.85. The quantitative estimate of drug-likeness (QED) is 0.153. The first-order valence-corrected chi connectivity index (χ1v) is 15.3. The average Bonchev–Trinajstić information content (AvgIpc) is 3.56. The predicted octanol–water partition coefficient (Wildman–Crippen LogP) is 9.98. The number of benzene rings is 6. The number of aliphatic imine (C=N–C) groups is 1. The second-order valence-corrected chi connectivity index (χ2v) is 12.0. The van der Waals surface area contributed by atoms with E-state index in [-0.39, 0.29) is 0 Å². The number of rotatable bonds is 7. The van der Waals surface area contributed by atoms with Gasteiger partial charge in [0.2, 0.25) is 0 Å². The van der Waals surface area contributed by atoms with E-state index in [0.29, 0.717) is 5.82 Å². The van der Waals surface area contributed by atoms with Crippen molar-refractivity contribution in [2.24, 2.45) is 4.99 Å². The van der Waals surface area contributed by atoms with Crippen LogP contribution in [-0.4, -0.2) is 27.9 Å². The standard InChI is InChI=1S/C38H28N4S/c1-23(24-11-5-3-6-12-24)19-20-31(39-2)29-21-26-22-30(38-40-37(41-42-38)25-13-7-4-8-14-25)28-16-10-18-33-36(28)34(26)35-27(29)15-9-17-32(35)43-33/h3-18,21-22H,1,19-20H2,2H3,(H,40,41,42). The van der Waals surface area contributed by atoms with Crippen LogP contribution in [0.15, 0.2) is 131 Å². The third kappa shape index (κ3) is 4.27. The molecular formula is C38H28N4S.